The molecule has 5 rings (SSSR count). The highest BCUT2D eigenvalue weighted by molar-refractivity contribution is 6.04. The van der Waals surface area contributed by atoms with E-state index < -0.39 is 11.9 Å². The Bertz CT molecular complexity index is 1230. The average molecular weight is 683 g/mol. The van der Waals surface area contributed by atoms with Gasteiger partial charge in [0.1, 0.15) is 12.0 Å². The zero-order valence-electron chi connectivity index (χ0n) is 31.5. The molecule has 2 amide bonds. The van der Waals surface area contributed by atoms with Gasteiger partial charge in [-0.05, 0) is 111 Å². The molecular formula is C41H66N2O6. The van der Waals surface area contributed by atoms with Gasteiger partial charge in [-0.1, -0.05) is 72.0 Å². The fourth-order valence-corrected chi connectivity index (χ4v) is 11.2. The highest BCUT2D eigenvalue weighted by Crippen LogP contribution is 2.67. The van der Waals surface area contributed by atoms with Crippen LogP contribution in [-0.4, -0.2) is 61.0 Å². The van der Waals surface area contributed by atoms with Crippen LogP contribution in [0.25, 0.3) is 0 Å². The molecule has 4 fully saturated rings. The first-order chi connectivity index (χ1) is 23.4. The van der Waals surface area contributed by atoms with Gasteiger partial charge < -0.3 is 19.7 Å². The molecule has 0 spiro atoms. The number of hydrogen-bond donors (Lipinski definition) is 1. The number of rotatable bonds is 14. The smallest absolute Gasteiger partial charge is 0.407 e. The molecule has 49 heavy (non-hydrogen) atoms. The summed E-state index contributed by atoms with van der Waals surface area (Å²) in [5.74, 6) is 3.16. The molecule has 0 aromatic heterocycles. The van der Waals surface area contributed by atoms with Gasteiger partial charge in [-0.2, -0.15) is 0 Å². The number of unbranched alkanes of at least 4 members (excludes halogenated alkanes) is 2. The predicted octanol–water partition coefficient (Wildman–Crippen LogP) is 8.27. The minimum absolute atomic E-state index is 0.0212. The van der Waals surface area contributed by atoms with Gasteiger partial charge in [-0.3, -0.25) is 14.4 Å². The molecule has 0 bridgehead atoms. The monoisotopic (exact) mass is 682 g/mol. The van der Waals surface area contributed by atoms with E-state index in [1.54, 1.807) is 6.92 Å². The zero-order chi connectivity index (χ0) is 35.3. The van der Waals surface area contributed by atoms with Crippen molar-refractivity contribution in [2.75, 3.05) is 26.2 Å². The summed E-state index contributed by atoms with van der Waals surface area (Å²) >= 11 is 0. The van der Waals surface area contributed by atoms with Gasteiger partial charge in [0, 0.05) is 25.9 Å². The van der Waals surface area contributed by atoms with E-state index in [2.05, 4.69) is 46.0 Å². The summed E-state index contributed by atoms with van der Waals surface area (Å²) in [4.78, 5) is 50.8. The lowest BCUT2D eigenvalue weighted by molar-refractivity contribution is -0.149. The molecule has 9 atom stereocenters. The molecule has 8 heteroatoms. The topological polar surface area (TPSA) is 102 Å². The van der Waals surface area contributed by atoms with E-state index in [4.69, 9.17) is 9.47 Å². The number of alkyl carbamates (subject to hydrolysis) is 1. The summed E-state index contributed by atoms with van der Waals surface area (Å²) in [6, 6.07) is 0. The van der Waals surface area contributed by atoms with Gasteiger partial charge in [-0.25, -0.2) is 4.79 Å². The van der Waals surface area contributed by atoms with Crippen molar-refractivity contribution >= 4 is 23.8 Å². The fraction of sp³-hybridized carbons (Fsp3) is 0.854. The molecule has 1 heterocycles. The fourth-order valence-electron chi connectivity index (χ4n) is 11.2. The Hall–Kier alpha value is -2.38. The summed E-state index contributed by atoms with van der Waals surface area (Å²) in [5.41, 5.74) is 2.27. The first-order valence-corrected chi connectivity index (χ1v) is 20.0. The number of fused-ring (bicyclic) bond motifs is 5. The molecule has 0 radical (unpaired) electrons. The molecule has 276 valence electrons. The summed E-state index contributed by atoms with van der Waals surface area (Å²) < 4.78 is 10.9. The van der Waals surface area contributed by atoms with Crippen molar-refractivity contribution in [1.82, 2.24) is 10.2 Å². The van der Waals surface area contributed by atoms with Gasteiger partial charge in [0.05, 0.1) is 13.2 Å². The maximum Gasteiger partial charge on any atom is 0.407 e. The number of carbonyl (C=O) groups is 4. The Balaban J connectivity index is 1.02. The van der Waals surface area contributed by atoms with Crippen LogP contribution in [0.3, 0.4) is 0 Å². The van der Waals surface area contributed by atoms with Gasteiger partial charge in [0.2, 0.25) is 5.91 Å². The highest BCUT2D eigenvalue weighted by atomic mass is 16.6. The number of nitrogens with zero attached hydrogens (tertiary/aromatic N) is 1. The van der Waals surface area contributed by atoms with Crippen molar-refractivity contribution in [2.24, 2.45) is 52.3 Å². The number of esters is 1. The van der Waals surface area contributed by atoms with Crippen LogP contribution in [0.15, 0.2) is 11.6 Å². The van der Waals surface area contributed by atoms with Crippen LogP contribution < -0.4 is 5.32 Å². The van der Waals surface area contributed by atoms with Crippen LogP contribution in [-0.2, 0) is 23.9 Å². The molecule has 8 nitrogen and oxygen atoms in total. The van der Waals surface area contributed by atoms with Crippen LogP contribution in [0, 0.1) is 52.3 Å². The lowest BCUT2D eigenvalue weighted by Gasteiger charge is -2.58. The maximum absolute atomic E-state index is 12.7. The normalized spacial score (nSPS) is 34.5. The van der Waals surface area contributed by atoms with E-state index in [-0.39, 0.29) is 49.0 Å². The Labute approximate surface area is 296 Å². The molecule has 0 aromatic rings. The van der Waals surface area contributed by atoms with Crippen molar-refractivity contribution in [2.45, 2.75) is 144 Å². The number of ketones is 1. The number of carbonyl (C=O) groups excluding carboxylic acids is 4. The van der Waals surface area contributed by atoms with Crippen LogP contribution in [0.1, 0.15) is 138 Å². The number of Topliss-reactive ketones (excluding diaryl/α,β-unsaturated/α-hetero) is 1. The molecule has 4 aliphatic carbocycles. The van der Waals surface area contributed by atoms with E-state index in [1.807, 2.05) is 0 Å². The molecule has 1 N–H and O–H groups in total. The third-order valence-electron chi connectivity index (χ3n) is 13.9. The van der Waals surface area contributed by atoms with Gasteiger partial charge in [0.25, 0.3) is 0 Å². The molecule has 1 saturated heterocycles. The molecule has 5 aliphatic rings. The minimum atomic E-state index is -0.856. The second-order valence-corrected chi connectivity index (χ2v) is 17.3. The SMILES string of the molecule is CCOC(=O)C1CN(C(=O)CCCCCNC(=O)O[C@H]2CC[C@@]3(C)C(=CCC4C3CC[C@@]3(C)C4CC[C@@H]3C(C)CCCC(C)C)C2)CC1=O. The summed E-state index contributed by atoms with van der Waals surface area (Å²) in [5, 5.41) is 2.92. The standard InChI is InChI=1S/C41H66N2O6/c1-7-48-38(46)32-25-43(26-36(32)44)37(45)14-9-8-10-23-42-39(47)49-30-19-21-40(5)29(24-30)15-16-31-34-18-17-33(28(4)13-11-12-27(2)3)41(34,6)22-20-35(31)40/h15,27-28,30-35H,7-14,16-26H2,1-6H3,(H,42,47)/t28?,30-,31?,32?,33+,34?,35?,40-,41+/m0/s1. The highest BCUT2D eigenvalue weighted by Gasteiger charge is 2.59. The van der Waals surface area contributed by atoms with E-state index in [0.717, 1.165) is 67.6 Å². The average Bonchev–Trinajstić information content (AvgIpc) is 3.62. The predicted molar refractivity (Wildman–Crippen MR) is 191 cm³/mol. The number of ether oxygens (including phenoxy) is 2. The number of allylic oxidation sites excluding steroid dienone is 1. The van der Waals surface area contributed by atoms with Crippen LogP contribution >= 0.6 is 0 Å². The first-order valence-electron chi connectivity index (χ1n) is 20.0. The van der Waals surface area contributed by atoms with Crippen molar-refractivity contribution in [3.63, 3.8) is 0 Å². The van der Waals surface area contributed by atoms with E-state index in [9.17, 15) is 19.2 Å². The Morgan fingerprint density at radius 2 is 1.78 bits per heavy atom. The van der Waals surface area contributed by atoms with E-state index >= 15 is 0 Å². The molecule has 3 saturated carbocycles. The first kappa shape index (κ1) is 37.9. The number of hydrogen-bond acceptors (Lipinski definition) is 6. The van der Waals surface area contributed by atoms with Crippen molar-refractivity contribution in [1.29, 1.82) is 0 Å². The third-order valence-corrected chi connectivity index (χ3v) is 13.9. The zero-order valence-corrected chi connectivity index (χ0v) is 31.5. The molecule has 5 unspecified atom stereocenters. The minimum Gasteiger partial charge on any atom is -0.465 e. The van der Waals surface area contributed by atoms with Crippen LogP contribution in [0.5, 0.6) is 0 Å². The van der Waals surface area contributed by atoms with Crippen molar-refractivity contribution in [3.8, 4) is 0 Å². The molecular weight excluding hydrogens is 616 g/mol. The lowest BCUT2D eigenvalue weighted by atomic mass is 9.47. The molecule has 0 aromatic carbocycles. The lowest BCUT2D eigenvalue weighted by Crippen LogP contribution is -2.51. The summed E-state index contributed by atoms with van der Waals surface area (Å²) in [7, 11) is 0. The molecule has 1 aliphatic heterocycles. The summed E-state index contributed by atoms with van der Waals surface area (Å²) in [6.45, 7) is 15.0. The quantitative estimate of drug-likeness (QED) is 0.0857. The second kappa shape index (κ2) is 16.3. The number of likely N-dealkylation sites (tertiary alicyclic amines) is 1. The van der Waals surface area contributed by atoms with E-state index in [1.165, 1.54) is 61.8 Å². The second-order valence-electron chi connectivity index (χ2n) is 17.3. The summed E-state index contributed by atoms with van der Waals surface area (Å²) in [6.07, 6.45) is 18.5. The number of nitrogens with one attached hydrogen (secondary N) is 1. The Morgan fingerprint density at radius 1 is 0.980 bits per heavy atom. The largest absolute Gasteiger partial charge is 0.465 e. The van der Waals surface area contributed by atoms with Gasteiger partial charge in [0.15, 0.2) is 5.78 Å². The van der Waals surface area contributed by atoms with Crippen molar-refractivity contribution in [3.05, 3.63) is 11.6 Å². The third kappa shape index (κ3) is 8.41. The Kier molecular flexibility index (Phi) is 12.6. The van der Waals surface area contributed by atoms with Crippen LogP contribution in [0.4, 0.5) is 4.79 Å². The van der Waals surface area contributed by atoms with Crippen LogP contribution in [0.2, 0.25) is 0 Å². The van der Waals surface area contributed by atoms with Gasteiger partial charge >= 0.3 is 12.1 Å². The maximum atomic E-state index is 12.7. The van der Waals surface area contributed by atoms with Crippen molar-refractivity contribution < 1.29 is 28.7 Å². The Morgan fingerprint density at radius 3 is 2.53 bits per heavy atom. The van der Waals surface area contributed by atoms with E-state index in [0.29, 0.717) is 24.8 Å². The van der Waals surface area contributed by atoms with Gasteiger partial charge in [-0.15, -0.1) is 0 Å². The number of amides is 2.